The zero-order valence-corrected chi connectivity index (χ0v) is 23.0. The molecule has 2 heterocycles. The Labute approximate surface area is 251 Å². The van der Waals surface area contributed by atoms with E-state index < -0.39 is 94.2 Å². The number of rotatable bonds is 7. The lowest BCUT2D eigenvalue weighted by atomic mass is 9.99. The maximum absolute atomic E-state index is 13.7. The van der Waals surface area contributed by atoms with Crippen LogP contribution in [0.1, 0.15) is 10.4 Å². The minimum absolute atomic E-state index is 0.0374. The van der Waals surface area contributed by atoms with Gasteiger partial charge in [0.2, 0.25) is 17.5 Å². The van der Waals surface area contributed by atoms with Crippen molar-refractivity contribution < 1.29 is 74.1 Å². The Morgan fingerprint density at radius 3 is 2.20 bits per heavy atom. The Morgan fingerprint density at radius 1 is 0.844 bits per heavy atom. The third-order valence-corrected chi connectivity index (χ3v) is 6.95. The van der Waals surface area contributed by atoms with Gasteiger partial charge in [-0.15, -0.1) is 0 Å². The van der Waals surface area contributed by atoms with Crippen LogP contribution in [0.2, 0.25) is 0 Å². The van der Waals surface area contributed by atoms with Gasteiger partial charge < -0.3 is 69.3 Å². The monoisotopic (exact) mass is 630 g/mol. The van der Waals surface area contributed by atoms with Crippen LogP contribution in [0.15, 0.2) is 51.7 Å². The van der Waals surface area contributed by atoms with Gasteiger partial charge >= 0.3 is 5.97 Å². The molecular formula is C29H26O16. The molecule has 9 N–H and O–H groups in total. The third kappa shape index (κ3) is 5.77. The Bertz CT molecular complexity index is 1810. The van der Waals surface area contributed by atoms with E-state index in [1.54, 1.807) is 0 Å². The van der Waals surface area contributed by atoms with Crippen molar-refractivity contribution >= 4 is 16.9 Å². The van der Waals surface area contributed by atoms with Crippen LogP contribution in [-0.2, 0) is 9.47 Å². The maximum Gasteiger partial charge on any atom is 0.338 e. The molecule has 5 atom stereocenters. The van der Waals surface area contributed by atoms with Crippen molar-refractivity contribution in [1.82, 2.24) is 0 Å². The molecule has 0 spiro atoms. The predicted octanol–water partition coefficient (Wildman–Crippen LogP) is 0.746. The van der Waals surface area contributed by atoms with Gasteiger partial charge in [-0.3, -0.25) is 4.79 Å². The van der Waals surface area contributed by atoms with Crippen LogP contribution >= 0.6 is 0 Å². The van der Waals surface area contributed by atoms with E-state index in [0.29, 0.717) is 0 Å². The summed E-state index contributed by atoms with van der Waals surface area (Å²) in [6.07, 6.45) is -9.32. The highest BCUT2D eigenvalue weighted by Gasteiger charge is 2.46. The fourth-order valence-electron chi connectivity index (χ4n) is 4.62. The van der Waals surface area contributed by atoms with Gasteiger partial charge in [-0.1, -0.05) is 0 Å². The van der Waals surface area contributed by atoms with Crippen molar-refractivity contribution in [1.29, 1.82) is 0 Å². The first kappa shape index (κ1) is 31.0. The summed E-state index contributed by atoms with van der Waals surface area (Å²) in [7, 11) is 1.27. The van der Waals surface area contributed by atoms with Crippen molar-refractivity contribution in [3.63, 3.8) is 0 Å². The number of esters is 1. The van der Waals surface area contributed by atoms with Gasteiger partial charge in [-0.25, -0.2) is 4.79 Å². The van der Waals surface area contributed by atoms with Gasteiger partial charge in [0.25, 0.3) is 0 Å². The summed E-state index contributed by atoms with van der Waals surface area (Å²) in [6, 6.07) is 7.32. The Balaban J connectivity index is 1.50. The highest BCUT2D eigenvalue weighted by molar-refractivity contribution is 5.91. The lowest BCUT2D eigenvalue weighted by Gasteiger charge is -2.39. The van der Waals surface area contributed by atoms with Crippen molar-refractivity contribution in [2.75, 3.05) is 13.7 Å². The van der Waals surface area contributed by atoms with E-state index >= 15 is 0 Å². The molecule has 0 saturated carbocycles. The fraction of sp³-hybridized carbons (Fsp3) is 0.241. The number of hydrogen-bond acceptors (Lipinski definition) is 16. The van der Waals surface area contributed by atoms with Gasteiger partial charge in [0.15, 0.2) is 34.5 Å². The van der Waals surface area contributed by atoms with E-state index in [1.807, 2.05) is 0 Å². The van der Waals surface area contributed by atoms with Gasteiger partial charge in [-0.05, 0) is 30.3 Å². The Kier molecular flexibility index (Phi) is 8.22. The number of aromatic hydroxyl groups is 6. The minimum atomic E-state index is -2.00. The number of carbonyl (C=O) groups excluding carboxylic acids is 1. The van der Waals surface area contributed by atoms with Crippen LogP contribution in [-0.4, -0.2) is 96.4 Å². The second-order valence-corrected chi connectivity index (χ2v) is 9.91. The average Bonchev–Trinajstić information content (AvgIpc) is 3.00. The van der Waals surface area contributed by atoms with E-state index in [1.165, 1.54) is 25.3 Å². The van der Waals surface area contributed by atoms with E-state index in [0.717, 1.165) is 24.3 Å². The molecule has 3 aromatic carbocycles. The molecule has 1 saturated heterocycles. The van der Waals surface area contributed by atoms with Crippen LogP contribution in [0.5, 0.6) is 46.0 Å². The van der Waals surface area contributed by atoms with Crippen LogP contribution in [0.4, 0.5) is 0 Å². The molecule has 4 aromatic rings. The maximum atomic E-state index is 13.7. The van der Waals surface area contributed by atoms with Crippen molar-refractivity contribution in [3.8, 4) is 57.3 Å². The summed E-state index contributed by atoms with van der Waals surface area (Å²) < 4.78 is 27.2. The number of aliphatic hydroxyl groups is 3. The fourth-order valence-corrected chi connectivity index (χ4v) is 4.62. The van der Waals surface area contributed by atoms with Crippen molar-refractivity contribution in [2.45, 2.75) is 30.7 Å². The molecule has 1 aromatic heterocycles. The Morgan fingerprint density at radius 2 is 1.53 bits per heavy atom. The standard InChI is InChI=1S/C29H26O16/c1-41-17-6-10(2-3-13(17)31)26-27(23(37)20-14(32)7-12(30)8-18(20)43-26)45-29-25(39)24(38)22(36)19(44-29)9-42-28(40)11-4-15(33)21(35)16(34)5-11/h2-8,19,22,24-25,29-36,38-39H,9H2,1H3/t19-,22-,24?,25?,29+/m1/s1. The summed E-state index contributed by atoms with van der Waals surface area (Å²) in [6.45, 7) is -0.777. The summed E-state index contributed by atoms with van der Waals surface area (Å²) in [5.74, 6) is -6.10. The lowest BCUT2D eigenvalue weighted by Crippen LogP contribution is -2.60. The second kappa shape index (κ2) is 11.9. The molecule has 0 amide bonds. The number of phenols is 6. The molecule has 5 rings (SSSR count). The van der Waals surface area contributed by atoms with E-state index in [9.17, 15) is 55.5 Å². The third-order valence-electron chi connectivity index (χ3n) is 6.95. The SMILES string of the molecule is COc1cc(-c2oc3cc(O)cc(O)c3c(=O)c2O[C@@H]2O[C@H](COC(=O)c3cc(O)c(O)c(O)c3)[C@@H](O)C(O)C2O)ccc1O. The van der Waals surface area contributed by atoms with E-state index in [4.69, 9.17) is 23.4 Å². The van der Waals surface area contributed by atoms with E-state index in [2.05, 4.69) is 0 Å². The number of fused-ring (bicyclic) bond motifs is 1. The molecule has 1 aliphatic rings. The zero-order chi connectivity index (χ0) is 32.7. The van der Waals surface area contributed by atoms with E-state index in [-0.39, 0.29) is 28.4 Å². The van der Waals surface area contributed by atoms with Crippen molar-refractivity contribution in [2.24, 2.45) is 0 Å². The minimum Gasteiger partial charge on any atom is -0.508 e. The second-order valence-electron chi connectivity index (χ2n) is 9.91. The molecular weight excluding hydrogens is 604 g/mol. The number of aliphatic hydroxyl groups excluding tert-OH is 3. The normalized spacial score (nSPS) is 21.4. The molecule has 16 heteroatoms. The quantitative estimate of drug-likeness (QED) is 0.101. The Hall–Kier alpha value is -5.42. The average molecular weight is 631 g/mol. The summed E-state index contributed by atoms with van der Waals surface area (Å²) >= 11 is 0. The molecule has 0 radical (unpaired) electrons. The van der Waals surface area contributed by atoms with Crippen LogP contribution in [0.25, 0.3) is 22.3 Å². The number of ether oxygens (including phenoxy) is 4. The topological polar surface area (TPSA) is 266 Å². The van der Waals surface area contributed by atoms with Crippen LogP contribution in [0, 0.1) is 0 Å². The largest absolute Gasteiger partial charge is 0.508 e. The molecule has 238 valence electrons. The zero-order valence-electron chi connectivity index (χ0n) is 23.0. The molecule has 45 heavy (non-hydrogen) atoms. The summed E-state index contributed by atoms with van der Waals surface area (Å²) in [5, 5.41) is 90.5. The molecule has 0 aliphatic carbocycles. The predicted molar refractivity (Wildman–Crippen MR) is 148 cm³/mol. The lowest BCUT2D eigenvalue weighted by molar-refractivity contribution is -0.277. The number of hydrogen-bond donors (Lipinski definition) is 9. The molecule has 16 nitrogen and oxygen atoms in total. The number of carbonyl (C=O) groups is 1. The summed E-state index contributed by atoms with van der Waals surface area (Å²) in [5.41, 5.74) is -1.60. The van der Waals surface area contributed by atoms with Gasteiger partial charge in [0.05, 0.1) is 12.7 Å². The van der Waals surface area contributed by atoms with Crippen LogP contribution < -0.4 is 14.9 Å². The molecule has 1 aliphatic heterocycles. The van der Waals surface area contributed by atoms with Crippen molar-refractivity contribution in [3.05, 3.63) is 58.3 Å². The first-order valence-corrected chi connectivity index (χ1v) is 13.0. The molecule has 1 fully saturated rings. The molecule has 2 unspecified atom stereocenters. The molecule has 0 bridgehead atoms. The highest BCUT2D eigenvalue weighted by atomic mass is 16.7. The number of phenolic OH excluding ortho intramolecular Hbond substituents is 6. The van der Waals surface area contributed by atoms with Gasteiger partial charge in [-0.2, -0.15) is 0 Å². The highest BCUT2D eigenvalue weighted by Crippen LogP contribution is 2.40. The first-order chi connectivity index (χ1) is 21.3. The van der Waals surface area contributed by atoms with Crippen LogP contribution in [0.3, 0.4) is 0 Å². The first-order valence-electron chi connectivity index (χ1n) is 13.0. The summed E-state index contributed by atoms with van der Waals surface area (Å²) in [4.78, 5) is 26.2. The number of methoxy groups -OCH3 is 1. The van der Waals surface area contributed by atoms with Gasteiger partial charge in [0.1, 0.15) is 53.5 Å². The van der Waals surface area contributed by atoms with Gasteiger partial charge in [0, 0.05) is 17.7 Å². The number of benzene rings is 3. The smallest absolute Gasteiger partial charge is 0.338 e.